The summed E-state index contributed by atoms with van der Waals surface area (Å²) in [6.45, 7) is 8.27. The molecule has 6 heteroatoms. The number of nitrogens with one attached hydrogen (secondary N) is 1. The summed E-state index contributed by atoms with van der Waals surface area (Å²) >= 11 is 0. The van der Waals surface area contributed by atoms with Gasteiger partial charge in [0.1, 0.15) is 13.2 Å². The van der Waals surface area contributed by atoms with Gasteiger partial charge in [0.25, 0.3) is 0 Å². The van der Waals surface area contributed by atoms with E-state index in [1.54, 1.807) is 0 Å². The minimum Gasteiger partial charge on any atom is -0.486 e. The molecule has 2 amide bonds. The predicted octanol–water partition coefficient (Wildman–Crippen LogP) is 3.04. The minimum atomic E-state index is 0.0532. The summed E-state index contributed by atoms with van der Waals surface area (Å²) in [5.74, 6) is 2.37. The van der Waals surface area contributed by atoms with Crippen LogP contribution in [0.5, 0.6) is 11.5 Å². The van der Waals surface area contributed by atoms with Crippen LogP contribution in [0.4, 0.5) is 4.79 Å². The van der Waals surface area contributed by atoms with Gasteiger partial charge in [0.05, 0.1) is 6.04 Å². The Bertz CT molecular complexity index is 666. The molecule has 1 aromatic carbocycles. The molecule has 2 unspecified atom stereocenters. The highest BCUT2D eigenvalue weighted by Gasteiger charge is 2.31. The van der Waals surface area contributed by atoms with Crippen LogP contribution in [0.1, 0.15) is 44.2 Å². The number of likely N-dealkylation sites (tertiary alicyclic amines) is 2. The van der Waals surface area contributed by atoms with E-state index < -0.39 is 0 Å². The first-order chi connectivity index (χ1) is 13.2. The molecule has 2 atom stereocenters. The SMILES string of the molecule is CC1CCCN(CCNC(=O)N2CCCC2c2ccc3c(c2)OCCO3)C1. The smallest absolute Gasteiger partial charge is 0.317 e. The maximum absolute atomic E-state index is 12.8. The lowest BCUT2D eigenvalue weighted by Crippen LogP contribution is -2.44. The van der Waals surface area contributed by atoms with Crippen molar-refractivity contribution in [3.63, 3.8) is 0 Å². The molecule has 1 aromatic rings. The van der Waals surface area contributed by atoms with Gasteiger partial charge in [0.2, 0.25) is 0 Å². The fourth-order valence-electron chi connectivity index (χ4n) is 4.54. The van der Waals surface area contributed by atoms with Crippen LogP contribution in [0.25, 0.3) is 0 Å². The fraction of sp³-hybridized carbons (Fsp3) is 0.667. The van der Waals surface area contributed by atoms with Crippen LogP contribution < -0.4 is 14.8 Å². The molecule has 0 radical (unpaired) electrons. The average Bonchev–Trinajstić information content (AvgIpc) is 3.17. The number of urea groups is 1. The zero-order chi connectivity index (χ0) is 18.6. The number of hydrogen-bond donors (Lipinski definition) is 1. The summed E-state index contributed by atoms with van der Waals surface area (Å²) in [4.78, 5) is 17.2. The Morgan fingerprint density at radius 3 is 2.81 bits per heavy atom. The zero-order valence-corrected chi connectivity index (χ0v) is 16.3. The van der Waals surface area contributed by atoms with Crippen LogP contribution >= 0.6 is 0 Å². The van der Waals surface area contributed by atoms with E-state index in [2.05, 4.69) is 23.2 Å². The number of piperidine rings is 1. The maximum Gasteiger partial charge on any atom is 0.317 e. The number of hydrogen-bond acceptors (Lipinski definition) is 4. The second-order valence-electron chi connectivity index (χ2n) is 8.03. The van der Waals surface area contributed by atoms with E-state index >= 15 is 0 Å². The number of rotatable bonds is 4. The first-order valence-corrected chi connectivity index (χ1v) is 10.4. The van der Waals surface area contributed by atoms with Crippen LogP contribution in [0.2, 0.25) is 0 Å². The van der Waals surface area contributed by atoms with Gasteiger partial charge in [-0.3, -0.25) is 0 Å². The third kappa shape index (κ3) is 4.32. The van der Waals surface area contributed by atoms with E-state index in [4.69, 9.17) is 9.47 Å². The number of carbonyl (C=O) groups excluding carboxylic acids is 1. The Balaban J connectivity index is 1.33. The molecule has 3 aliphatic heterocycles. The van der Waals surface area contributed by atoms with Crippen molar-refractivity contribution < 1.29 is 14.3 Å². The Morgan fingerprint density at radius 2 is 1.96 bits per heavy atom. The molecule has 0 saturated carbocycles. The van der Waals surface area contributed by atoms with Crippen LogP contribution in [0, 0.1) is 5.92 Å². The molecule has 148 valence electrons. The van der Waals surface area contributed by atoms with Gasteiger partial charge in [-0.05, 0) is 55.8 Å². The molecule has 0 aliphatic carbocycles. The molecule has 0 aromatic heterocycles. The molecule has 0 spiro atoms. The van der Waals surface area contributed by atoms with E-state index in [-0.39, 0.29) is 12.1 Å². The lowest BCUT2D eigenvalue weighted by atomic mass is 10.0. The lowest BCUT2D eigenvalue weighted by molar-refractivity contribution is 0.169. The van der Waals surface area contributed by atoms with Crippen molar-refractivity contribution in [1.82, 2.24) is 15.1 Å². The van der Waals surface area contributed by atoms with Crippen molar-refractivity contribution in [3.05, 3.63) is 23.8 Å². The van der Waals surface area contributed by atoms with Crippen molar-refractivity contribution in [2.75, 3.05) is 45.9 Å². The van der Waals surface area contributed by atoms with E-state index in [0.717, 1.165) is 68.5 Å². The summed E-state index contributed by atoms with van der Waals surface area (Å²) in [6, 6.07) is 6.25. The van der Waals surface area contributed by atoms with Crippen molar-refractivity contribution in [2.24, 2.45) is 5.92 Å². The fourth-order valence-corrected chi connectivity index (χ4v) is 4.54. The monoisotopic (exact) mass is 373 g/mol. The Morgan fingerprint density at radius 1 is 1.15 bits per heavy atom. The summed E-state index contributed by atoms with van der Waals surface area (Å²) < 4.78 is 11.3. The molecule has 0 bridgehead atoms. The molecule has 2 saturated heterocycles. The van der Waals surface area contributed by atoms with Crippen molar-refractivity contribution in [2.45, 2.75) is 38.6 Å². The lowest BCUT2D eigenvalue weighted by Gasteiger charge is -2.31. The third-order valence-electron chi connectivity index (χ3n) is 5.91. The van der Waals surface area contributed by atoms with Crippen LogP contribution in [0.15, 0.2) is 18.2 Å². The standard InChI is InChI=1S/C21H31N3O3/c1-16-4-2-9-23(15-16)11-8-22-21(25)24-10-3-5-18(24)17-6-7-19-20(14-17)27-13-12-26-19/h6-7,14,16,18H,2-5,8-13,15H2,1H3,(H,22,25). The Kier molecular flexibility index (Phi) is 5.72. The highest BCUT2D eigenvalue weighted by Crippen LogP contribution is 2.38. The van der Waals surface area contributed by atoms with Gasteiger partial charge in [0.15, 0.2) is 11.5 Å². The number of fused-ring (bicyclic) bond motifs is 1. The number of nitrogens with zero attached hydrogens (tertiary/aromatic N) is 2. The van der Waals surface area contributed by atoms with Gasteiger partial charge in [-0.2, -0.15) is 0 Å². The summed E-state index contributed by atoms with van der Waals surface area (Å²) in [6.07, 6.45) is 4.63. The normalized spacial score (nSPS) is 25.4. The van der Waals surface area contributed by atoms with Crippen LogP contribution in [-0.2, 0) is 0 Å². The van der Waals surface area contributed by atoms with E-state index in [1.807, 2.05) is 17.0 Å². The van der Waals surface area contributed by atoms with Crippen molar-refractivity contribution in [3.8, 4) is 11.5 Å². The highest BCUT2D eigenvalue weighted by molar-refractivity contribution is 5.75. The number of ether oxygens (including phenoxy) is 2. The molecule has 3 heterocycles. The van der Waals surface area contributed by atoms with Gasteiger partial charge < -0.3 is 24.6 Å². The molecular formula is C21H31N3O3. The van der Waals surface area contributed by atoms with Gasteiger partial charge in [-0.25, -0.2) is 4.79 Å². The topological polar surface area (TPSA) is 54.0 Å². The molecule has 6 nitrogen and oxygen atoms in total. The van der Waals surface area contributed by atoms with Crippen molar-refractivity contribution in [1.29, 1.82) is 0 Å². The quantitative estimate of drug-likeness (QED) is 0.881. The van der Waals surface area contributed by atoms with E-state index in [0.29, 0.717) is 13.2 Å². The van der Waals surface area contributed by atoms with Gasteiger partial charge >= 0.3 is 6.03 Å². The second-order valence-corrected chi connectivity index (χ2v) is 8.03. The maximum atomic E-state index is 12.8. The molecule has 3 aliphatic rings. The Hall–Kier alpha value is -1.95. The third-order valence-corrected chi connectivity index (χ3v) is 5.91. The largest absolute Gasteiger partial charge is 0.486 e. The second kappa shape index (κ2) is 8.38. The van der Waals surface area contributed by atoms with Gasteiger partial charge in [0, 0.05) is 26.2 Å². The molecule has 27 heavy (non-hydrogen) atoms. The number of carbonyl (C=O) groups is 1. The first-order valence-electron chi connectivity index (χ1n) is 10.4. The molecular weight excluding hydrogens is 342 g/mol. The summed E-state index contributed by atoms with van der Waals surface area (Å²) in [5.41, 5.74) is 1.14. The molecule has 2 fully saturated rings. The molecule has 1 N–H and O–H groups in total. The highest BCUT2D eigenvalue weighted by atomic mass is 16.6. The van der Waals surface area contributed by atoms with Gasteiger partial charge in [-0.15, -0.1) is 0 Å². The van der Waals surface area contributed by atoms with Crippen LogP contribution in [-0.4, -0.2) is 61.8 Å². The van der Waals surface area contributed by atoms with E-state index in [1.165, 1.54) is 12.8 Å². The predicted molar refractivity (Wildman–Crippen MR) is 104 cm³/mol. The van der Waals surface area contributed by atoms with Crippen molar-refractivity contribution >= 4 is 6.03 Å². The summed E-state index contributed by atoms with van der Waals surface area (Å²) in [7, 11) is 0. The Labute approximate surface area is 161 Å². The zero-order valence-electron chi connectivity index (χ0n) is 16.3. The van der Waals surface area contributed by atoms with E-state index in [9.17, 15) is 4.79 Å². The minimum absolute atomic E-state index is 0.0532. The van der Waals surface area contributed by atoms with Gasteiger partial charge in [-0.1, -0.05) is 13.0 Å². The van der Waals surface area contributed by atoms with Crippen LogP contribution in [0.3, 0.4) is 0 Å². The average molecular weight is 373 g/mol. The number of benzene rings is 1. The number of amides is 2. The summed E-state index contributed by atoms with van der Waals surface area (Å²) in [5, 5.41) is 3.14. The molecule has 4 rings (SSSR count). The first kappa shape index (κ1) is 18.4.